The van der Waals surface area contributed by atoms with E-state index in [9.17, 15) is 4.79 Å². The SMILES string of the molecule is Cl.O=C(NCCCN1CCNCC1)C1(c2ccc(Br)cc2)CCC1. The molecule has 2 N–H and O–H groups in total. The van der Waals surface area contributed by atoms with E-state index in [1.165, 1.54) is 0 Å². The van der Waals surface area contributed by atoms with Gasteiger partial charge in [-0.1, -0.05) is 34.5 Å². The number of benzene rings is 1. The molecule has 1 heterocycles. The summed E-state index contributed by atoms with van der Waals surface area (Å²) in [6.07, 6.45) is 4.11. The van der Waals surface area contributed by atoms with Gasteiger partial charge < -0.3 is 15.5 Å². The van der Waals surface area contributed by atoms with Gasteiger partial charge in [0, 0.05) is 37.2 Å². The topological polar surface area (TPSA) is 44.4 Å². The number of piperazine rings is 1. The van der Waals surface area contributed by atoms with Crippen molar-refractivity contribution in [2.75, 3.05) is 39.3 Å². The van der Waals surface area contributed by atoms with Crippen molar-refractivity contribution in [3.63, 3.8) is 0 Å². The maximum absolute atomic E-state index is 12.7. The number of halogens is 2. The van der Waals surface area contributed by atoms with Gasteiger partial charge in [0.05, 0.1) is 5.41 Å². The summed E-state index contributed by atoms with van der Waals surface area (Å²) in [4.78, 5) is 15.2. The summed E-state index contributed by atoms with van der Waals surface area (Å²) < 4.78 is 1.06. The van der Waals surface area contributed by atoms with E-state index >= 15 is 0 Å². The lowest BCUT2D eigenvalue weighted by atomic mass is 9.64. The van der Waals surface area contributed by atoms with Crippen molar-refractivity contribution >= 4 is 34.2 Å². The zero-order valence-electron chi connectivity index (χ0n) is 14.0. The second kappa shape index (κ2) is 9.18. The molecule has 3 rings (SSSR count). The van der Waals surface area contributed by atoms with Crippen molar-refractivity contribution in [2.24, 2.45) is 0 Å². The van der Waals surface area contributed by atoms with Gasteiger partial charge in [0.25, 0.3) is 0 Å². The smallest absolute Gasteiger partial charge is 0.230 e. The summed E-state index contributed by atoms with van der Waals surface area (Å²) in [6, 6.07) is 8.24. The molecule has 2 aliphatic rings. The highest BCUT2D eigenvalue weighted by Gasteiger charge is 2.45. The van der Waals surface area contributed by atoms with Crippen LogP contribution >= 0.6 is 28.3 Å². The molecule has 1 saturated heterocycles. The second-order valence-corrected chi connectivity index (χ2v) is 7.56. The number of carbonyl (C=O) groups excluding carboxylic acids is 1. The van der Waals surface area contributed by atoms with Crippen LogP contribution in [-0.2, 0) is 10.2 Å². The predicted octanol–water partition coefficient (Wildman–Crippen LogP) is 2.70. The van der Waals surface area contributed by atoms with E-state index < -0.39 is 0 Å². The van der Waals surface area contributed by atoms with Crippen molar-refractivity contribution in [1.82, 2.24) is 15.5 Å². The average molecular weight is 417 g/mol. The number of amides is 1. The van der Waals surface area contributed by atoms with Gasteiger partial charge in [-0.15, -0.1) is 12.4 Å². The van der Waals surface area contributed by atoms with Crippen LogP contribution in [0.1, 0.15) is 31.2 Å². The highest BCUT2D eigenvalue weighted by atomic mass is 79.9. The summed E-state index contributed by atoms with van der Waals surface area (Å²) >= 11 is 3.47. The summed E-state index contributed by atoms with van der Waals surface area (Å²) in [6.45, 7) is 6.26. The fraction of sp³-hybridized carbons (Fsp3) is 0.611. The van der Waals surface area contributed by atoms with Gasteiger partial charge in [0.1, 0.15) is 0 Å². The maximum Gasteiger partial charge on any atom is 0.230 e. The number of nitrogens with zero attached hydrogens (tertiary/aromatic N) is 1. The number of nitrogens with one attached hydrogen (secondary N) is 2. The first-order chi connectivity index (χ1) is 11.2. The Balaban J connectivity index is 0.00000208. The second-order valence-electron chi connectivity index (χ2n) is 6.64. The lowest BCUT2D eigenvalue weighted by molar-refractivity contribution is -0.129. The van der Waals surface area contributed by atoms with Gasteiger partial charge in [-0.2, -0.15) is 0 Å². The van der Waals surface area contributed by atoms with Gasteiger partial charge in [0.2, 0.25) is 5.91 Å². The Morgan fingerprint density at radius 1 is 1.21 bits per heavy atom. The molecule has 1 aliphatic carbocycles. The first kappa shape index (κ1) is 19.7. The maximum atomic E-state index is 12.7. The number of hydrogen-bond acceptors (Lipinski definition) is 3. The molecular weight excluding hydrogens is 390 g/mol. The molecule has 1 amide bonds. The van der Waals surface area contributed by atoms with Crippen molar-refractivity contribution in [3.05, 3.63) is 34.3 Å². The molecule has 1 saturated carbocycles. The van der Waals surface area contributed by atoms with E-state index in [0.29, 0.717) is 0 Å². The molecule has 0 bridgehead atoms. The third-order valence-electron chi connectivity index (χ3n) is 5.18. The number of carbonyl (C=O) groups is 1. The van der Waals surface area contributed by atoms with Crippen molar-refractivity contribution in [1.29, 1.82) is 0 Å². The molecule has 1 aromatic rings. The first-order valence-corrected chi connectivity index (χ1v) is 9.47. The molecule has 1 aromatic carbocycles. The predicted molar refractivity (Wildman–Crippen MR) is 104 cm³/mol. The first-order valence-electron chi connectivity index (χ1n) is 8.68. The average Bonchev–Trinajstić information content (AvgIpc) is 2.53. The third-order valence-corrected chi connectivity index (χ3v) is 5.71. The molecule has 134 valence electrons. The largest absolute Gasteiger partial charge is 0.355 e. The van der Waals surface area contributed by atoms with E-state index in [-0.39, 0.29) is 23.7 Å². The molecular formula is C18H27BrClN3O. The molecule has 2 fully saturated rings. The van der Waals surface area contributed by atoms with Gasteiger partial charge >= 0.3 is 0 Å². The molecule has 6 heteroatoms. The van der Waals surface area contributed by atoms with Crippen LogP contribution in [0.2, 0.25) is 0 Å². The highest BCUT2D eigenvalue weighted by Crippen LogP contribution is 2.44. The van der Waals surface area contributed by atoms with E-state index in [1.54, 1.807) is 0 Å². The molecule has 0 unspecified atom stereocenters. The molecule has 0 spiro atoms. The monoisotopic (exact) mass is 415 g/mol. The van der Waals surface area contributed by atoms with Crippen LogP contribution in [0.3, 0.4) is 0 Å². The molecule has 24 heavy (non-hydrogen) atoms. The van der Waals surface area contributed by atoms with E-state index in [1.807, 2.05) is 12.1 Å². The third kappa shape index (κ3) is 4.51. The van der Waals surface area contributed by atoms with Crippen LogP contribution < -0.4 is 10.6 Å². The van der Waals surface area contributed by atoms with Gasteiger partial charge in [-0.25, -0.2) is 0 Å². The minimum Gasteiger partial charge on any atom is -0.355 e. The Bertz CT molecular complexity index is 528. The zero-order valence-corrected chi connectivity index (χ0v) is 16.4. The fourth-order valence-electron chi connectivity index (χ4n) is 3.55. The van der Waals surface area contributed by atoms with Crippen LogP contribution in [0.4, 0.5) is 0 Å². The summed E-state index contributed by atoms with van der Waals surface area (Å²) in [5.74, 6) is 0.214. The van der Waals surface area contributed by atoms with Gasteiger partial charge in [-0.05, 0) is 43.5 Å². The van der Waals surface area contributed by atoms with Crippen LogP contribution in [0, 0.1) is 0 Å². The van der Waals surface area contributed by atoms with Crippen LogP contribution in [0.5, 0.6) is 0 Å². The standard InChI is InChI=1S/C18H26BrN3O.ClH/c19-16-5-3-15(4-6-16)18(7-1-8-18)17(23)21-9-2-12-22-13-10-20-11-14-22;/h3-6,20H,1-2,7-14H2,(H,21,23);1H. The Labute approximate surface area is 159 Å². The van der Waals surface area contributed by atoms with Gasteiger partial charge in [-0.3, -0.25) is 4.79 Å². The lowest BCUT2D eigenvalue weighted by Crippen LogP contribution is -2.50. The van der Waals surface area contributed by atoms with Crippen LogP contribution in [-0.4, -0.2) is 50.1 Å². The Kier molecular flexibility index (Phi) is 7.54. The minimum atomic E-state index is -0.282. The lowest BCUT2D eigenvalue weighted by Gasteiger charge is -2.40. The van der Waals surface area contributed by atoms with Crippen molar-refractivity contribution in [3.8, 4) is 0 Å². The summed E-state index contributed by atoms with van der Waals surface area (Å²) in [5.41, 5.74) is 0.877. The molecule has 0 aromatic heterocycles. The molecule has 0 atom stereocenters. The number of rotatable bonds is 6. The quantitative estimate of drug-likeness (QED) is 0.701. The summed E-state index contributed by atoms with van der Waals surface area (Å²) in [5, 5.41) is 6.55. The van der Waals surface area contributed by atoms with E-state index in [0.717, 1.165) is 75.0 Å². The molecule has 4 nitrogen and oxygen atoms in total. The van der Waals surface area contributed by atoms with Crippen molar-refractivity contribution < 1.29 is 4.79 Å². The number of hydrogen-bond donors (Lipinski definition) is 2. The fourth-order valence-corrected chi connectivity index (χ4v) is 3.82. The van der Waals surface area contributed by atoms with Crippen LogP contribution in [0.15, 0.2) is 28.7 Å². The Morgan fingerprint density at radius 2 is 1.88 bits per heavy atom. The zero-order chi connectivity index (χ0) is 16.1. The Morgan fingerprint density at radius 3 is 2.46 bits per heavy atom. The van der Waals surface area contributed by atoms with Crippen LogP contribution in [0.25, 0.3) is 0 Å². The molecule has 0 radical (unpaired) electrons. The highest BCUT2D eigenvalue weighted by molar-refractivity contribution is 9.10. The summed E-state index contributed by atoms with van der Waals surface area (Å²) in [7, 11) is 0. The van der Waals surface area contributed by atoms with E-state index in [2.05, 4.69) is 43.6 Å². The van der Waals surface area contributed by atoms with Gasteiger partial charge in [0.15, 0.2) is 0 Å². The molecule has 1 aliphatic heterocycles. The normalized spacial score (nSPS) is 19.9. The van der Waals surface area contributed by atoms with E-state index in [4.69, 9.17) is 0 Å². The van der Waals surface area contributed by atoms with Crippen molar-refractivity contribution in [2.45, 2.75) is 31.1 Å². The Hall–Kier alpha value is -0.620. The minimum absolute atomic E-state index is 0.